The van der Waals surface area contributed by atoms with E-state index in [1.165, 1.54) is 25.3 Å². The molecule has 0 amide bonds. The Morgan fingerprint density at radius 2 is 2.00 bits per heavy atom. The van der Waals surface area contributed by atoms with E-state index in [0.717, 1.165) is 12.3 Å². The van der Waals surface area contributed by atoms with Gasteiger partial charge in [-0.1, -0.05) is 17.7 Å². The monoisotopic (exact) mass is 345 g/mol. The summed E-state index contributed by atoms with van der Waals surface area (Å²) in [4.78, 5) is 14.9. The first kappa shape index (κ1) is 17.1. The lowest BCUT2D eigenvalue weighted by molar-refractivity contribution is -0.143. The number of benzene rings is 1. The molecule has 8 heteroatoms. The van der Waals surface area contributed by atoms with E-state index in [2.05, 4.69) is 9.72 Å². The number of alkyl halides is 3. The number of ether oxygens (including phenoxy) is 2. The molecule has 0 radical (unpaired) electrons. The minimum Gasteiger partial charge on any atom is -0.480 e. The second-order valence-electron chi connectivity index (χ2n) is 4.44. The number of hydrogen-bond donors (Lipinski definition) is 0. The highest BCUT2D eigenvalue weighted by molar-refractivity contribution is 6.32. The lowest BCUT2D eigenvalue weighted by Gasteiger charge is -2.10. The molecule has 2 rings (SSSR count). The molecule has 0 fully saturated rings. The first-order valence-electron chi connectivity index (χ1n) is 6.34. The van der Waals surface area contributed by atoms with Crippen molar-refractivity contribution in [1.29, 1.82) is 0 Å². The number of methoxy groups -OCH3 is 1. The first-order chi connectivity index (χ1) is 10.8. The van der Waals surface area contributed by atoms with Crippen LogP contribution in [0.25, 0.3) is 11.3 Å². The number of rotatable bonds is 4. The fourth-order valence-electron chi connectivity index (χ4n) is 1.70. The van der Waals surface area contributed by atoms with Gasteiger partial charge in [0.2, 0.25) is 0 Å². The van der Waals surface area contributed by atoms with Crippen LogP contribution in [0.1, 0.15) is 5.56 Å². The van der Waals surface area contributed by atoms with Gasteiger partial charge in [-0.25, -0.2) is 4.79 Å². The smallest absolute Gasteiger partial charge is 0.417 e. The van der Waals surface area contributed by atoms with Gasteiger partial charge in [0.05, 0.1) is 23.4 Å². The minimum atomic E-state index is -4.44. The summed E-state index contributed by atoms with van der Waals surface area (Å²) in [5.41, 5.74) is -0.0158. The fourth-order valence-corrected chi connectivity index (χ4v) is 1.87. The maximum absolute atomic E-state index is 12.5. The largest absolute Gasteiger partial charge is 0.480 e. The van der Waals surface area contributed by atoms with E-state index in [1.54, 1.807) is 6.07 Å². The summed E-state index contributed by atoms with van der Waals surface area (Å²) in [5, 5.41) is 0.254. The van der Waals surface area contributed by atoms with E-state index in [4.69, 9.17) is 16.3 Å². The summed E-state index contributed by atoms with van der Waals surface area (Å²) in [7, 11) is 1.22. The molecule has 0 saturated carbocycles. The summed E-state index contributed by atoms with van der Waals surface area (Å²) in [5.74, 6) is -0.379. The quantitative estimate of drug-likeness (QED) is 0.787. The van der Waals surface area contributed by atoms with Crippen molar-refractivity contribution in [3.05, 3.63) is 47.1 Å². The predicted octanol–water partition coefficient (Wildman–Crippen LogP) is 3.97. The van der Waals surface area contributed by atoms with Gasteiger partial charge in [0.15, 0.2) is 6.61 Å². The van der Waals surface area contributed by atoms with Gasteiger partial charge in [0, 0.05) is 11.8 Å². The second-order valence-corrected chi connectivity index (χ2v) is 4.85. The Morgan fingerprint density at radius 1 is 1.26 bits per heavy atom. The SMILES string of the molecule is COC(=O)COc1cc(-c2ccc(C(F)(F)F)cn2)ccc1Cl. The molecule has 0 atom stereocenters. The number of carbonyl (C=O) groups is 1. The molecule has 1 heterocycles. The lowest BCUT2D eigenvalue weighted by Crippen LogP contribution is -2.12. The molecule has 2 aromatic rings. The third-order valence-electron chi connectivity index (χ3n) is 2.89. The maximum Gasteiger partial charge on any atom is 0.417 e. The summed E-state index contributed by atoms with van der Waals surface area (Å²) >= 11 is 5.95. The molecule has 0 saturated heterocycles. The number of pyridine rings is 1. The Bertz CT molecular complexity index is 702. The summed E-state index contributed by atoms with van der Waals surface area (Å²) in [6, 6.07) is 6.76. The zero-order valence-electron chi connectivity index (χ0n) is 11.9. The van der Waals surface area contributed by atoms with Crippen molar-refractivity contribution in [2.45, 2.75) is 6.18 Å². The number of hydrogen-bond acceptors (Lipinski definition) is 4. The molecule has 122 valence electrons. The zero-order valence-corrected chi connectivity index (χ0v) is 12.6. The highest BCUT2D eigenvalue weighted by Crippen LogP contribution is 2.32. The first-order valence-corrected chi connectivity index (χ1v) is 6.72. The van der Waals surface area contributed by atoms with Gasteiger partial charge in [0.1, 0.15) is 5.75 Å². The molecule has 0 aliphatic rings. The molecule has 0 bridgehead atoms. The number of carbonyl (C=O) groups excluding carboxylic acids is 1. The topological polar surface area (TPSA) is 48.4 Å². The van der Waals surface area contributed by atoms with Crippen LogP contribution < -0.4 is 4.74 Å². The Hall–Kier alpha value is -2.28. The molecule has 0 unspecified atom stereocenters. The van der Waals surface area contributed by atoms with Crippen LogP contribution in [-0.4, -0.2) is 24.7 Å². The van der Waals surface area contributed by atoms with E-state index >= 15 is 0 Å². The van der Waals surface area contributed by atoms with Crippen LogP contribution in [0.3, 0.4) is 0 Å². The summed E-state index contributed by atoms with van der Waals surface area (Å²) < 4.78 is 47.2. The average Bonchev–Trinajstić information content (AvgIpc) is 2.53. The van der Waals surface area contributed by atoms with E-state index in [-0.39, 0.29) is 17.4 Å². The molecule has 0 spiro atoms. The van der Waals surface area contributed by atoms with Gasteiger partial charge in [-0.2, -0.15) is 13.2 Å². The Kier molecular flexibility index (Phi) is 5.10. The van der Waals surface area contributed by atoms with Gasteiger partial charge < -0.3 is 9.47 Å². The van der Waals surface area contributed by atoms with Crippen molar-refractivity contribution >= 4 is 17.6 Å². The van der Waals surface area contributed by atoms with Crippen LogP contribution in [-0.2, 0) is 15.7 Å². The van der Waals surface area contributed by atoms with Crippen LogP contribution in [0.5, 0.6) is 5.75 Å². The Balaban J connectivity index is 2.24. The van der Waals surface area contributed by atoms with Crippen molar-refractivity contribution in [2.75, 3.05) is 13.7 Å². The van der Waals surface area contributed by atoms with Crippen LogP contribution in [0.2, 0.25) is 5.02 Å². The van der Waals surface area contributed by atoms with Gasteiger partial charge >= 0.3 is 12.1 Å². The third kappa shape index (κ3) is 4.35. The molecule has 0 N–H and O–H groups in total. The minimum absolute atomic E-state index is 0.205. The highest BCUT2D eigenvalue weighted by atomic mass is 35.5. The molecule has 1 aromatic carbocycles. The van der Waals surface area contributed by atoms with Crippen molar-refractivity contribution in [2.24, 2.45) is 0 Å². The van der Waals surface area contributed by atoms with E-state index < -0.39 is 17.7 Å². The number of esters is 1. The molecule has 4 nitrogen and oxygen atoms in total. The van der Waals surface area contributed by atoms with Crippen molar-refractivity contribution in [3.63, 3.8) is 0 Å². The number of nitrogens with zero attached hydrogens (tertiary/aromatic N) is 1. The molecule has 0 aliphatic carbocycles. The second kappa shape index (κ2) is 6.87. The van der Waals surface area contributed by atoms with Crippen LogP contribution in [0.15, 0.2) is 36.5 Å². The van der Waals surface area contributed by atoms with Gasteiger partial charge in [-0.15, -0.1) is 0 Å². The van der Waals surface area contributed by atoms with Crippen molar-refractivity contribution in [1.82, 2.24) is 4.98 Å². The molecule has 1 aromatic heterocycles. The van der Waals surface area contributed by atoms with Gasteiger partial charge in [-0.05, 0) is 24.3 Å². The van der Waals surface area contributed by atoms with Crippen molar-refractivity contribution in [3.8, 4) is 17.0 Å². The number of halogens is 4. The van der Waals surface area contributed by atoms with Crippen LogP contribution >= 0.6 is 11.6 Å². The van der Waals surface area contributed by atoms with Gasteiger partial charge in [-0.3, -0.25) is 4.98 Å². The maximum atomic E-state index is 12.5. The third-order valence-corrected chi connectivity index (χ3v) is 3.20. The average molecular weight is 346 g/mol. The van der Waals surface area contributed by atoms with Gasteiger partial charge in [0.25, 0.3) is 0 Å². The molecular formula is C15H11ClF3NO3. The zero-order chi connectivity index (χ0) is 17.0. The van der Waals surface area contributed by atoms with Crippen LogP contribution in [0.4, 0.5) is 13.2 Å². The Morgan fingerprint density at radius 3 is 2.57 bits per heavy atom. The normalized spacial score (nSPS) is 11.2. The Labute approximate surface area is 134 Å². The molecular weight excluding hydrogens is 335 g/mol. The van der Waals surface area contributed by atoms with E-state index in [1.807, 2.05) is 0 Å². The number of aromatic nitrogens is 1. The highest BCUT2D eigenvalue weighted by Gasteiger charge is 2.30. The molecule has 0 aliphatic heterocycles. The van der Waals surface area contributed by atoms with E-state index in [0.29, 0.717) is 11.3 Å². The van der Waals surface area contributed by atoms with Crippen LogP contribution in [0, 0.1) is 0 Å². The summed E-state index contributed by atoms with van der Waals surface area (Å²) in [6.07, 6.45) is -3.70. The predicted molar refractivity (Wildman–Crippen MR) is 77.2 cm³/mol. The van der Waals surface area contributed by atoms with Crippen molar-refractivity contribution < 1.29 is 27.4 Å². The fraction of sp³-hybridized carbons (Fsp3) is 0.200. The standard InChI is InChI=1S/C15H11ClF3NO3/c1-22-14(21)8-23-13-6-9(2-4-11(13)16)12-5-3-10(7-20-12)15(17,18)19/h2-7H,8H2,1H3. The summed E-state index contributed by atoms with van der Waals surface area (Å²) in [6.45, 7) is -0.333. The molecule has 23 heavy (non-hydrogen) atoms. The lowest BCUT2D eigenvalue weighted by atomic mass is 10.1. The van der Waals surface area contributed by atoms with E-state index in [9.17, 15) is 18.0 Å².